The van der Waals surface area contributed by atoms with Crippen molar-refractivity contribution in [3.05, 3.63) is 11.6 Å². The fourth-order valence-electron chi connectivity index (χ4n) is 6.16. The minimum absolute atomic E-state index is 0.166. The summed E-state index contributed by atoms with van der Waals surface area (Å²) in [6.07, 6.45) is 5.78. The zero-order valence-electron chi connectivity index (χ0n) is 14.7. The van der Waals surface area contributed by atoms with Gasteiger partial charge in [-0.25, -0.2) is 0 Å². The first-order valence-corrected chi connectivity index (χ1v) is 9.00. The molecule has 0 N–H and O–H groups in total. The van der Waals surface area contributed by atoms with Crippen molar-refractivity contribution in [3.63, 3.8) is 0 Å². The summed E-state index contributed by atoms with van der Waals surface area (Å²) in [5.41, 5.74) is 1.25. The number of carbonyl (C=O) groups is 2. The molecular weight excluding hydrogens is 272 g/mol. The van der Waals surface area contributed by atoms with Crippen LogP contribution in [0.4, 0.5) is 0 Å². The third-order valence-corrected chi connectivity index (χ3v) is 7.44. The highest BCUT2D eigenvalue weighted by Crippen LogP contribution is 2.60. The molecule has 0 saturated heterocycles. The molecule has 0 spiro atoms. The molecule has 0 aromatic rings. The maximum absolute atomic E-state index is 12.3. The molecule has 0 radical (unpaired) electrons. The van der Waals surface area contributed by atoms with E-state index in [-0.39, 0.29) is 5.41 Å². The summed E-state index contributed by atoms with van der Waals surface area (Å²) in [4.78, 5) is 24.1. The van der Waals surface area contributed by atoms with E-state index in [4.69, 9.17) is 0 Å². The lowest BCUT2D eigenvalue weighted by Gasteiger charge is -2.58. The van der Waals surface area contributed by atoms with E-state index >= 15 is 0 Å². The van der Waals surface area contributed by atoms with Gasteiger partial charge in [-0.2, -0.15) is 0 Å². The van der Waals surface area contributed by atoms with Crippen molar-refractivity contribution in [3.8, 4) is 0 Å². The smallest absolute Gasteiger partial charge is 0.155 e. The molecule has 2 fully saturated rings. The highest BCUT2D eigenvalue weighted by Gasteiger charge is 2.55. The van der Waals surface area contributed by atoms with E-state index in [1.165, 1.54) is 5.57 Å². The quantitative estimate of drug-likeness (QED) is 0.718. The van der Waals surface area contributed by atoms with Gasteiger partial charge < -0.3 is 0 Å². The monoisotopic (exact) mass is 302 g/mol. The van der Waals surface area contributed by atoms with Crippen LogP contribution in [0, 0.1) is 40.9 Å². The van der Waals surface area contributed by atoms with Crippen LogP contribution in [0.1, 0.15) is 60.3 Å². The highest BCUT2D eigenvalue weighted by atomic mass is 16.1. The van der Waals surface area contributed by atoms with E-state index in [1.54, 1.807) is 6.92 Å². The first-order chi connectivity index (χ1) is 10.3. The van der Waals surface area contributed by atoms with Crippen molar-refractivity contribution in [1.29, 1.82) is 0 Å². The fourth-order valence-corrected chi connectivity index (χ4v) is 6.16. The summed E-state index contributed by atoms with van der Waals surface area (Å²) < 4.78 is 0. The van der Waals surface area contributed by atoms with Crippen LogP contribution in [-0.2, 0) is 9.59 Å². The van der Waals surface area contributed by atoms with Crippen molar-refractivity contribution in [1.82, 2.24) is 0 Å². The van der Waals surface area contributed by atoms with Crippen LogP contribution >= 0.6 is 0 Å². The molecule has 22 heavy (non-hydrogen) atoms. The van der Waals surface area contributed by atoms with Gasteiger partial charge in [-0.1, -0.05) is 33.3 Å². The van der Waals surface area contributed by atoms with Gasteiger partial charge in [-0.15, -0.1) is 0 Å². The second-order valence-electron chi connectivity index (χ2n) is 8.61. The lowest BCUT2D eigenvalue weighted by atomic mass is 9.46. The van der Waals surface area contributed by atoms with Crippen LogP contribution in [0.3, 0.4) is 0 Å². The van der Waals surface area contributed by atoms with E-state index in [0.717, 1.165) is 25.7 Å². The van der Waals surface area contributed by atoms with E-state index in [0.29, 0.717) is 47.1 Å². The number of carbonyl (C=O) groups excluding carboxylic acids is 2. The lowest BCUT2D eigenvalue weighted by molar-refractivity contribution is -0.141. The topological polar surface area (TPSA) is 34.1 Å². The lowest BCUT2D eigenvalue weighted by Crippen LogP contribution is -2.54. The average Bonchev–Trinajstić information content (AvgIpc) is 2.43. The molecule has 7 atom stereocenters. The van der Waals surface area contributed by atoms with Gasteiger partial charge in [0.25, 0.3) is 0 Å². The van der Waals surface area contributed by atoms with Gasteiger partial charge in [0.2, 0.25) is 0 Å². The number of fused-ring (bicyclic) bond motifs is 3. The summed E-state index contributed by atoms with van der Waals surface area (Å²) >= 11 is 0. The Morgan fingerprint density at radius 2 is 1.86 bits per heavy atom. The van der Waals surface area contributed by atoms with E-state index < -0.39 is 0 Å². The van der Waals surface area contributed by atoms with Crippen LogP contribution in [0.15, 0.2) is 11.6 Å². The van der Waals surface area contributed by atoms with E-state index in [1.807, 2.05) is 6.08 Å². The molecule has 2 heteroatoms. The first-order valence-electron chi connectivity index (χ1n) is 9.00. The Morgan fingerprint density at radius 1 is 1.18 bits per heavy atom. The zero-order valence-corrected chi connectivity index (χ0v) is 14.7. The third kappa shape index (κ3) is 2.21. The summed E-state index contributed by atoms with van der Waals surface area (Å²) in [5, 5.41) is 0. The average molecular weight is 302 g/mol. The van der Waals surface area contributed by atoms with Gasteiger partial charge in [0.1, 0.15) is 5.78 Å². The van der Waals surface area contributed by atoms with Crippen LogP contribution in [0.25, 0.3) is 0 Å². The molecule has 2 saturated carbocycles. The summed E-state index contributed by atoms with van der Waals surface area (Å²) in [7, 11) is 0. The Kier molecular flexibility index (Phi) is 3.86. The fraction of sp³-hybridized carbons (Fsp3) is 0.800. The minimum atomic E-state index is -0.166. The van der Waals surface area contributed by atoms with Crippen molar-refractivity contribution >= 4 is 11.6 Å². The van der Waals surface area contributed by atoms with Gasteiger partial charge >= 0.3 is 0 Å². The summed E-state index contributed by atoms with van der Waals surface area (Å²) in [6, 6.07) is 0. The van der Waals surface area contributed by atoms with Crippen LogP contribution in [-0.4, -0.2) is 11.6 Å². The molecule has 0 bridgehead atoms. The second-order valence-corrected chi connectivity index (χ2v) is 8.61. The Hall–Kier alpha value is -0.920. The molecule has 0 aromatic heterocycles. The molecule has 0 amide bonds. The second kappa shape index (κ2) is 5.32. The Labute approximate surface area is 134 Å². The standard InChI is InChI=1S/C20H30O2/c1-11-8-15-9-16(22)6-7-17(15)19-12(2)10-20(5,14(4)21)13(3)18(11)19/h9,11-13,17-19H,6-8,10H2,1-5H3/t11-,12?,13?,17?,18?,19?,20?/m1/s1. The van der Waals surface area contributed by atoms with Gasteiger partial charge in [0.05, 0.1) is 0 Å². The van der Waals surface area contributed by atoms with Crippen LogP contribution < -0.4 is 0 Å². The number of hydrogen-bond donors (Lipinski definition) is 0. The molecule has 0 aromatic carbocycles. The molecule has 6 unspecified atom stereocenters. The van der Waals surface area contributed by atoms with E-state index in [9.17, 15) is 9.59 Å². The van der Waals surface area contributed by atoms with Gasteiger partial charge in [0.15, 0.2) is 5.78 Å². The summed E-state index contributed by atoms with van der Waals surface area (Å²) in [5.74, 6) is 4.14. The molecule has 0 heterocycles. The summed E-state index contributed by atoms with van der Waals surface area (Å²) in [6.45, 7) is 11.0. The minimum Gasteiger partial charge on any atom is -0.299 e. The number of Topliss-reactive ketones (excluding diaryl/α,β-unsaturated/α-hetero) is 1. The SMILES string of the molecule is CC(=O)C1(C)CC(C)C2C3CCC(=O)C=C3C[C@@H](C)C2C1C. The van der Waals surface area contributed by atoms with Gasteiger partial charge in [-0.05, 0) is 67.8 Å². The van der Waals surface area contributed by atoms with Crippen molar-refractivity contribution in [2.75, 3.05) is 0 Å². The molecule has 0 aliphatic heterocycles. The Morgan fingerprint density at radius 3 is 2.50 bits per heavy atom. The maximum atomic E-state index is 12.3. The Balaban J connectivity index is 1.99. The molecule has 3 rings (SSSR count). The highest BCUT2D eigenvalue weighted by molar-refractivity contribution is 5.91. The van der Waals surface area contributed by atoms with Gasteiger partial charge in [-0.3, -0.25) is 9.59 Å². The zero-order chi connectivity index (χ0) is 16.2. The number of allylic oxidation sites excluding steroid dienone is 2. The van der Waals surface area contributed by atoms with Crippen LogP contribution in [0.5, 0.6) is 0 Å². The van der Waals surface area contributed by atoms with Crippen molar-refractivity contribution in [2.24, 2.45) is 40.9 Å². The van der Waals surface area contributed by atoms with E-state index in [2.05, 4.69) is 27.7 Å². The number of rotatable bonds is 1. The number of ketones is 2. The normalized spacial score (nSPS) is 48.2. The Bertz CT molecular complexity index is 532. The van der Waals surface area contributed by atoms with Crippen molar-refractivity contribution in [2.45, 2.75) is 60.3 Å². The molecule has 3 aliphatic rings. The molecular formula is C20H30O2. The first kappa shape index (κ1) is 16.0. The van der Waals surface area contributed by atoms with Crippen LogP contribution in [0.2, 0.25) is 0 Å². The predicted octanol–water partition coefficient (Wildman–Crippen LogP) is 4.44. The molecule has 3 aliphatic carbocycles. The maximum Gasteiger partial charge on any atom is 0.155 e. The predicted molar refractivity (Wildman–Crippen MR) is 88.3 cm³/mol. The molecule has 122 valence electrons. The third-order valence-electron chi connectivity index (χ3n) is 7.44. The van der Waals surface area contributed by atoms with Gasteiger partial charge in [0, 0.05) is 11.8 Å². The van der Waals surface area contributed by atoms with Crippen molar-refractivity contribution < 1.29 is 9.59 Å². The molecule has 2 nitrogen and oxygen atoms in total. The number of hydrogen-bond acceptors (Lipinski definition) is 2. The largest absolute Gasteiger partial charge is 0.299 e.